The van der Waals surface area contributed by atoms with Crippen LogP contribution in [-0.2, 0) is 0 Å². The van der Waals surface area contributed by atoms with Gasteiger partial charge >= 0.3 is 0 Å². The summed E-state index contributed by atoms with van der Waals surface area (Å²) in [7, 11) is 0. The highest BCUT2D eigenvalue weighted by atomic mass is 35.5. The van der Waals surface area contributed by atoms with E-state index in [-0.39, 0.29) is 18.5 Å². The summed E-state index contributed by atoms with van der Waals surface area (Å²) in [4.78, 5) is 7.53. The fraction of sp³-hybridized carbons (Fsp3) is 0.364. The van der Waals surface area contributed by atoms with Crippen molar-refractivity contribution in [2.24, 2.45) is 0 Å². The number of benzene rings is 1. The summed E-state index contributed by atoms with van der Waals surface area (Å²) in [6, 6.07) is 8.57. The monoisotopic (exact) mass is 239 g/mol. The van der Waals surface area contributed by atoms with Gasteiger partial charge < -0.3 is 15.0 Å². The number of nitrogens with one attached hydrogen (secondary N) is 2. The van der Waals surface area contributed by atoms with Gasteiger partial charge in [-0.15, -0.1) is 12.4 Å². The predicted molar refractivity (Wildman–Crippen MR) is 65.2 cm³/mol. The molecular weight excluding hydrogens is 226 g/mol. The van der Waals surface area contributed by atoms with Crippen molar-refractivity contribution in [3.05, 3.63) is 24.3 Å². The zero-order valence-corrected chi connectivity index (χ0v) is 9.59. The summed E-state index contributed by atoms with van der Waals surface area (Å²) in [6.45, 7) is 1.95. The number of H-pyrrole nitrogens is 1. The largest absolute Gasteiger partial charge is 0.460 e. The molecule has 1 aliphatic rings. The van der Waals surface area contributed by atoms with Gasteiger partial charge in [-0.3, -0.25) is 0 Å². The number of aromatic nitrogens is 2. The molecule has 16 heavy (non-hydrogen) atoms. The molecule has 0 spiro atoms. The lowest BCUT2D eigenvalue weighted by atomic mass is 10.3. The minimum Gasteiger partial charge on any atom is -0.460 e. The number of imidazole rings is 1. The third-order valence-corrected chi connectivity index (χ3v) is 2.66. The van der Waals surface area contributed by atoms with E-state index in [0.717, 1.165) is 30.5 Å². The van der Waals surface area contributed by atoms with E-state index in [0.29, 0.717) is 6.01 Å². The maximum atomic E-state index is 5.73. The van der Waals surface area contributed by atoms with Crippen molar-refractivity contribution in [2.45, 2.75) is 12.5 Å². The molecule has 5 heteroatoms. The molecule has 0 aliphatic carbocycles. The molecule has 1 unspecified atom stereocenters. The van der Waals surface area contributed by atoms with Gasteiger partial charge in [-0.1, -0.05) is 12.1 Å². The lowest BCUT2D eigenvalue weighted by Gasteiger charge is -2.07. The molecular formula is C11H14ClN3O. The van der Waals surface area contributed by atoms with E-state index >= 15 is 0 Å². The molecule has 0 bridgehead atoms. The van der Waals surface area contributed by atoms with Gasteiger partial charge in [0.2, 0.25) is 0 Å². The molecule has 1 fully saturated rings. The van der Waals surface area contributed by atoms with Gasteiger partial charge in [0.25, 0.3) is 6.01 Å². The van der Waals surface area contributed by atoms with E-state index in [4.69, 9.17) is 4.74 Å². The molecule has 4 nitrogen and oxygen atoms in total. The number of fused-ring (bicyclic) bond motifs is 1. The molecule has 0 saturated carbocycles. The summed E-state index contributed by atoms with van der Waals surface area (Å²) < 4.78 is 5.73. The lowest BCUT2D eigenvalue weighted by molar-refractivity contribution is 0.207. The first kappa shape index (κ1) is 11.2. The highest BCUT2D eigenvalue weighted by molar-refractivity contribution is 5.85. The van der Waals surface area contributed by atoms with Crippen LogP contribution in [0.15, 0.2) is 24.3 Å². The Kier molecular flexibility index (Phi) is 3.31. The average molecular weight is 240 g/mol. The van der Waals surface area contributed by atoms with Crippen LogP contribution in [0.5, 0.6) is 6.01 Å². The van der Waals surface area contributed by atoms with Gasteiger partial charge in [-0.05, 0) is 25.1 Å². The summed E-state index contributed by atoms with van der Waals surface area (Å²) in [5, 5.41) is 3.26. The smallest absolute Gasteiger partial charge is 0.294 e. The van der Waals surface area contributed by atoms with E-state index in [1.165, 1.54) is 0 Å². The first-order valence-corrected chi connectivity index (χ1v) is 5.24. The third-order valence-electron chi connectivity index (χ3n) is 2.66. The number of aromatic amines is 1. The molecule has 2 aromatic rings. The maximum Gasteiger partial charge on any atom is 0.294 e. The quantitative estimate of drug-likeness (QED) is 0.839. The van der Waals surface area contributed by atoms with Gasteiger partial charge in [0.1, 0.15) is 6.10 Å². The molecule has 2 heterocycles. The molecule has 2 N–H and O–H groups in total. The van der Waals surface area contributed by atoms with E-state index < -0.39 is 0 Å². The lowest BCUT2D eigenvalue weighted by Crippen LogP contribution is -2.20. The topological polar surface area (TPSA) is 49.9 Å². The maximum absolute atomic E-state index is 5.73. The number of ether oxygens (including phenoxy) is 1. The summed E-state index contributed by atoms with van der Waals surface area (Å²) in [6.07, 6.45) is 1.31. The van der Waals surface area contributed by atoms with Crippen LogP contribution >= 0.6 is 12.4 Å². The minimum absolute atomic E-state index is 0. The Labute approximate surface area is 99.8 Å². The van der Waals surface area contributed by atoms with Crippen molar-refractivity contribution in [3.63, 3.8) is 0 Å². The zero-order valence-electron chi connectivity index (χ0n) is 8.77. The molecule has 1 aromatic heterocycles. The van der Waals surface area contributed by atoms with Gasteiger partial charge in [0.15, 0.2) is 0 Å². The van der Waals surface area contributed by atoms with Crippen LogP contribution in [0.1, 0.15) is 6.42 Å². The van der Waals surface area contributed by atoms with Gasteiger partial charge in [0, 0.05) is 6.54 Å². The summed E-state index contributed by atoms with van der Waals surface area (Å²) >= 11 is 0. The van der Waals surface area contributed by atoms with Crippen molar-refractivity contribution >= 4 is 23.4 Å². The number of hydrogen-bond acceptors (Lipinski definition) is 3. The van der Waals surface area contributed by atoms with Crippen LogP contribution in [0.2, 0.25) is 0 Å². The van der Waals surface area contributed by atoms with E-state index in [1.807, 2.05) is 24.3 Å². The van der Waals surface area contributed by atoms with Gasteiger partial charge in [-0.25, -0.2) is 0 Å². The SMILES string of the molecule is Cl.c1ccc2[nH]c(OC3CCNC3)nc2c1. The first-order chi connectivity index (χ1) is 7.42. The second-order valence-electron chi connectivity index (χ2n) is 3.79. The highest BCUT2D eigenvalue weighted by Crippen LogP contribution is 2.17. The molecule has 86 valence electrons. The van der Waals surface area contributed by atoms with Gasteiger partial charge in [0.05, 0.1) is 11.0 Å². The molecule has 0 radical (unpaired) electrons. The Morgan fingerprint density at radius 1 is 1.31 bits per heavy atom. The van der Waals surface area contributed by atoms with E-state index in [9.17, 15) is 0 Å². The van der Waals surface area contributed by atoms with Crippen LogP contribution in [0.25, 0.3) is 11.0 Å². The van der Waals surface area contributed by atoms with Crippen molar-refractivity contribution < 1.29 is 4.74 Å². The molecule has 1 saturated heterocycles. The minimum atomic E-state index is 0. The second-order valence-corrected chi connectivity index (χ2v) is 3.79. The Morgan fingerprint density at radius 2 is 2.19 bits per heavy atom. The second kappa shape index (κ2) is 4.72. The molecule has 0 amide bonds. The number of halogens is 1. The number of nitrogens with zero attached hydrogens (tertiary/aromatic N) is 1. The Balaban J connectivity index is 0.000000963. The molecule has 1 aromatic carbocycles. The number of hydrogen-bond donors (Lipinski definition) is 2. The fourth-order valence-corrected chi connectivity index (χ4v) is 1.87. The number of para-hydroxylation sites is 2. The average Bonchev–Trinajstić information content (AvgIpc) is 2.86. The van der Waals surface area contributed by atoms with Crippen molar-refractivity contribution in [1.29, 1.82) is 0 Å². The molecule has 1 aliphatic heterocycles. The first-order valence-electron chi connectivity index (χ1n) is 5.24. The van der Waals surface area contributed by atoms with Crippen molar-refractivity contribution in [3.8, 4) is 6.01 Å². The predicted octanol–water partition coefficient (Wildman–Crippen LogP) is 1.73. The highest BCUT2D eigenvalue weighted by Gasteiger charge is 2.17. The standard InChI is InChI=1S/C11H13N3O.ClH/c1-2-4-10-9(3-1)13-11(14-10)15-8-5-6-12-7-8;/h1-4,8,12H,5-7H2,(H,13,14);1H. The van der Waals surface area contributed by atoms with Crippen LogP contribution < -0.4 is 10.1 Å². The Morgan fingerprint density at radius 3 is 2.94 bits per heavy atom. The zero-order chi connectivity index (χ0) is 10.1. The number of rotatable bonds is 2. The normalized spacial score (nSPS) is 19.6. The Bertz CT molecular complexity index is 432. The van der Waals surface area contributed by atoms with Crippen LogP contribution in [0, 0.1) is 0 Å². The third kappa shape index (κ3) is 2.13. The van der Waals surface area contributed by atoms with Crippen LogP contribution in [0.4, 0.5) is 0 Å². The molecule has 1 atom stereocenters. The molecule has 3 rings (SSSR count). The van der Waals surface area contributed by atoms with E-state index in [2.05, 4.69) is 15.3 Å². The fourth-order valence-electron chi connectivity index (χ4n) is 1.87. The summed E-state index contributed by atoms with van der Waals surface area (Å²) in [5.74, 6) is 0. The van der Waals surface area contributed by atoms with Crippen LogP contribution in [-0.4, -0.2) is 29.2 Å². The van der Waals surface area contributed by atoms with Crippen LogP contribution in [0.3, 0.4) is 0 Å². The van der Waals surface area contributed by atoms with Crippen molar-refractivity contribution in [2.75, 3.05) is 13.1 Å². The Hall–Kier alpha value is -1.26. The van der Waals surface area contributed by atoms with Crippen molar-refractivity contribution in [1.82, 2.24) is 15.3 Å². The summed E-state index contributed by atoms with van der Waals surface area (Å²) in [5.41, 5.74) is 1.98. The van der Waals surface area contributed by atoms with Gasteiger partial charge in [-0.2, -0.15) is 4.98 Å². The van der Waals surface area contributed by atoms with E-state index in [1.54, 1.807) is 0 Å².